The second-order valence-corrected chi connectivity index (χ2v) is 6.55. The maximum Gasteiger partial charge on any atom is 0.318 e. The molecule has 6 heteroatoms. The van der Waals surface area contributed by atoms with Gasteiger partial charge in [-0.1, -0.05) is 27.2 Å². The number of urea groups is 1. The molecule has 0 aromatic carbocycles. The number of ether oxygens (including phenoxy) is 1. The van der Waals surface area contributed by atoms with E-state index in [1.807, 2.05) is 6.92 Å². The zero-order valence-electron chi connectivity index (χ0n) is 14.4. The molecule has 0 aromatic rings. The number of hydrogen-bond acceptors (Lipinski definition) is 3. The summed E-state index contributed by atoms with van der Waals surface area (Å²) in [4.78, 5) is 26.2. The zero-order chi connectivity index (χ0) is 16.6. The van der Waals surface area contributed by atoms with Crippen LogP contribution in [-0.2, 0) is 9.53 Å². The van der Waals surface area contributed by atoms with Crippen LogP contribution in [-0.4, -0.2) is 55.7 Å². The fourth-order valence-corrected chi connectivity index (χ4v) is 2.28. The largest absolute Gasteiger partial charge is 0.378 e. The Morgan fingerprint density at radius 3 is 2.41 bits per heavy atom. The lowest BCUT2D eigenvalue weighted by Crippen LogP contribution is -2.53. The third kappa shape index (κ3) is 6.22. The lowest BCUT2D eigenvalue weighted by atomic mass is 9.84. The molecule has 0 saturated carbocycles. The number of amides is 3. The number of carbonyl (C=O) groups is 2. The fourth-order valence-electron chi connectivity index (χ4n) is 2.28. The molecular weight excluding hydrogens is 282 g/mol. The Labute approximate surface area is 134 Å². The summed E-state index contributed by atoms with van der Waals surface area (Å²) in [6, 6.07) is -0.644. The number of carbonyl (C=O) groups excluding carboxylic acids is 2. The molecular formula is C16H31N3O3. The molecule has 1 heterocycles. The third-order valence-electron chi connectivity index (χ3n) is 4.33. The van der Waals surface area contributed by atoms with Crippen LogP contribution < -0.4 is 10.6 Å². The monoisotopic (exact) mass is 313 g/mol. The molecule has 1 atom stereocenters. The normalized spacial score (nSPS) is 17.0. The molecule has 1 aliphatic rings. The van der Waals surface area contributed by atoms with Crippen molar-refractivity contribution in [3.05, 3.63) is 0 Å². The summed E-state index contributed by atoms with van der Waals surface area (Å²) in [6.45, 7) is 11.2. The molecule has 22 heavy (non-hydrogen) atoms. The van der Waals surface area contributed by atoms with Gasteiger partial charge < -0.3 is 20.3 Å². The van der Waals surface area contributed by atoms with Crippen LogP contribution in [0, 0.1) is 5.41 Å². The van der Waals surface area contributed by atoms with Crippen LogP contribution in [0.5, 0.6) is 0 Å². The number of nitrogens with one attached hydrogen (secondary N) is 2. The first-order valence-corrected chi connectivity index (χ1v) is 8.30. The smallest absolute Gasteiger partial charge is 0.318 e. The second-order valence-electron chi connectivity index (χ2n) is 6.55. The van der Waals surface area contributed by atoms with Crippen LogP contribution in [0.3, 0.4) is 0 Å². The van der Waals surface area contributed by atoms with E-state index in [4.69, 9.17) is 4.74 Å². The second kappa shape index (κ2) is 8.98. The highest BCUT2D eigenvalue weighted by atomic mass is 16.5. The van der Waals surface area contributed by atoms with Crippen LogP contribution in [0.15, 0.2) is 0 Å². The average molecular weight is 313 g/mol. The van der Waals surface area contributed by atoms with Gasteiger partial charge in [0.05, 0.1) is 13.2 Å². The van der Waals surface area contributed by atoms with E-state index in [0.717, 1.165) is 12.8 Å². The van der Waals surface area contributed by atoms with E-state index in [9.17, 15) is 9.59 Å². The Kier molecular flexibility index (Phi) is 7.65. The Morgan fingerprint density at radius 2 is 1.86 bits per heavy atom. The van der Waals surface area contributed by atoms with E-state index in [1.54, 1.807) is 4.90 Å². The minimum Gasteiger partial charge on any atom is -0.378 e. The summed E-state index contributed by atoms with van der Waals surface area (Å²) in [5.41, 5.74) is 0.175. The lowest BCUT2D eigenvalue weighted by molar-refractivity contribution is -0.123. The van der Waals surface area contributed by atoms with Crippen LogP contribution in [0.25, 0.3) is 0 Å². The van der Waals surface area contributed by atoms with E-state index in [2.05, 4.69) is 31.4 Å². The molecule has 1 fully saturated rings. The Bertz CT molecular complexity index is 366. The standard InChI is InChI=1S/C16H31N3O3/c1-5-16(3,4)8-7-13(14(20)17-6-2)18-15(21)19-9-11-22-12-10-19/h13H,5-12H2,1-4H3,(H,17,20)(H,18,21)/t13-/m0/s1. The highest BCUT2D eigenvalue weighted by Crippen LogP contribution is 2.26. The molecule has 0 aromatic heterocycles. The Hall–Kier alpha value is -1.30. The van der Waals surface area contributed by atoms with Crippen molar-refractivity contribution in [2.45, 2.75) is 53.0 Å². The first kappa shape index (κ1) is 18.7. The van der Waals surface area contributed by atoms with E-state index >= 15 is 0 Å². The summed E-state index contributed by atoms with van der Waals surface area (Å²) in [5.74, 6) is -0.101. The van der Waals surface area contributed by atoms with Crippen molar-refractivity contribution in [2.75, 3.05) is 32.8 Å². The highest BCUT2D eigenvalue weighted by Gasteiger charge is 2.26. The van der Waals surface area contributed by atoms with Gasteiger partial charge in [0, 0.05) is 19.6 Å². The van der Waals surface area contributed by atoms with Crippen molar-refractivity contribution in [3.8, 4) is 0 Å². The zero-order valence-corrected chi connectivity index (χ0v) is 14.4. The van der Waals surface area contributed by atoms with Crippen molar-refractivity contribution < 1.29 is 14.3 Å². The van der Waals surface area contributed by atoms with E-state index in [-0.39, 0.29) is 17.4 Å². The number of nitrogens with zero attached hydrogens (tertiary/aromatic N) is 1. The first-order valence-electron chi connectivity index (χ1n) is 8.30. The van der Waals surface area contributed by atoms with Gasteiger partial charge >= 0.3 is 6.03 Å². The maximum absolute atomic E-state index is 12.3. The quantitative estimate of drug-likeness (QED) is 0.752. The van der Waals surface area contributed by atoms with Gasteiger partial charge in [-0.15, -0.1) is 0 Å². The lowest BCUT2D eigenvalue weighted by Gasteiger charge is -2.30. The van der Waals surface area contributed by atoms with Gasteiger partial charge in [-0.25, -0.2) is 4.79 Å². The molecule has 3 amide bonds. The maximum atomic E-state index is 12.3. The van der Waals surface area contributed by atoms with Gasteiger partial charge in [0.15, 0.2) is 0 Å². The minimum absolute atomic E-state index is 0.101. The molecule has 1 saturated heterocycles. The predicted molar refractivity (Wildman–Crippen MR) is 86.7 cm³/mol. The SMILES string of the molecule is CCNC(=O)[C@H](CCC(C)(C)CC)NC(=O)N1CCOCC1. The van der Waals surface area contributed by atoms with Gasteiger partial charge in [0.25, 0.3) is 0 Å². The van der Waals surface area contributed by atoms with Crippen LogP contribution in [0.1, 0.15) is 47.0 Å². The minimum atomic E-state index is -0.471. The number of morpholine rings is 1. The summed E-state index contributed by atoms with van der Waals surface area (Å²) in [5, 5.41) is 5.70. The molecule has 0 bridgehead atoms. The molecule has 2 N–H and O–H groups in total. The molecule has 1 rings (SSSR count). The van der Waals surface area contributed by atoms with Gasteiger partial charge in [0.1, 0.15) is 6.04 Å². The molecule has 0 aliphatic carbocycles. The van der Waals surface area contributed by atoms with Crippen molar-refractivity contribution in [3.63, 3.8) is 0 Å². The summed E-state index contributed by atoms with van der Waals surface area (Å²) >= 11 is 0. The van der Waals surface area contributed by atoms with Crippen LogP contribution >= 0.6 is 0 Å². The third-order valence-corrected chi connectivity index (χ3v) is 4.33. The number of rotatable bonds is 7. The molecule has 0 unspecified atom stereocenters. The molecule has 0 spiro atoms. The van der Waals surface area contributed by atoms with Crippen molar-refractivity contribution in [2.24, 2.45) is 5.41 Å². The number of likely N-dealkylation sites (N-methyl/N-ethyl adjacent to an activating group) is 1. The van der Waals surface area contributed by atoms with Crippen LogP contribution in [0.2, 0.25) is 0 Å². The topological polar surface area (TPSA) is 70.7 Å². The summed E-state index contributed by atoms with van der Waals surface area (Å²) in [6.07, 6.45) is 2.60. The fraction of sp³-hybridized carbons (Fsp3) is 0.875. The van der Waals surface area contributed by atoms with Gasteiger partial charge in [-0.2, -0.15) is 0 Å². The first-order chi connectivity index (χ1) is 10.4. The Morgan fingerprint density at radius 1 is 1.23 bits per heavy atom. The Balaban J connectivity index is 2.60. The van der Waals surface area contributed by atoms with E-state index in [1.165, 1.54) is 0 Å². The summed E-state index contributed by atoms with van der Waals surface area (Å²) < 4.78 is 5.25. The van der Waals surface area contributed by atoms with Gasteiger partial charge in [0.2, 0.25) is 5.91 Å². The van der Waals surface area contributed by atoms with Crippen molar-refractivity contribution >= 4 is 11.9 Å². The molecule has 1 aliphatic heterocycles. The van der Waals surface area contributed by atoms with Crippen molar-refractivity contribution in [1.29, 1.82) is 0 Å². The van der Waals surface area contributed by atoms with E-state index < -0.39 is 6.04 Å². The summed E-state index contributed by atoms with van der Waals surface area (Å²) in [7, 11) is 0. The van der Waals surface area contributed by atoms with Crippen LogP contribution in [0.4, 0.5) is 4.79 Å². The number of hydrogen-bond donors (Lipinski definition) is 2. The molecule has 6 nitrogen and oxygen atoms in total. The average Bonchev–Trinajstić information content (AvgIpc) is 2.52. The van der Waals surface area contributed by atoms with Gasteiger partial charge in [-0.05, 0) is 25.2 Å². The highest BCUT2D eigenvalue weighted by molar-refractivity contribution is 5.87. The molecule has 128 valence electrons. The van der Waals surface area contributed by atoms with Crippen molar-refractivity contribution in [1.82, 2.24) is 15.5 Å². The predicted octanol–water partition coefficient (Wildman–Crippen LogP) is 1.75. The molecule has 0 radical (unpaired) electrons. The van der Waals surface area contributed by atoms with E-state index in [0.29, 0.717) is 39.3 Å². The van der Waals surface area contributed by atoms with Gasteiger partial charge in [-0.3, -0.25) is 4.79 Å².